The van der Waals surface area contributed by atoms with Crippen LogP contribution in [0.3, 0.4) is 0 Å². The van der Waals surface area contributed by atoms with Crippen molar-refractivity contribution in [3.05, 3.63) is 59.0 Å². The van der Waals surface area contributed by atoms with E-state index in [9.17, 15) is 4.79 Å². The second-order valence-electron chi connectivity index (χ2n) is 5.81. The van der Waals surface area contributed by atoms with Crippen LogP contribution in [0.25, 0.3) is 0 Å². The fourth-order valence-corrected chi connectivity index (χ4v) is 3.34. The Hall–Kier alpha value is -2.80. The molecule has 0 aliphatic carbocycles. The Morgan fingerprint density at radius 1 is 1.32 bits per heavy atom. The number of carbonyl (C=O) groups is 1. The van der Waals surface area contributed by atoms with Crippen molar-refractivity contribution in [2.45, 2.75) is 19.1 Å². The fourth-order valence-electron chi connectivity index (χ4n) is 2.67. The number of nitrogens with zero attached hydrogens (tertiary/aromatic N) is 2. The third-order valence-corrected chi connectivity index (χ3v) is 4.55. The van der Waals surface area contributed by atoms with E-state index < -0.39 is 0 Å². The summed E-state index contributed by atoms with van der Waals surface area (Å²) in [4.78, 5) is 12.0. The van der Waals surface area contributed by atoms with Gasteiger partial charge in [0, 0.05) is 6.20 Å². The smallest absolute Gasteiger partial charge is 0.228 e. The Morgan fingerprint density at radius 2 is 2.20 bits per heavy atom. The van der Waals surface area contributed by atoms with E-state index >= 15 is 0 Å². The topological polar surface area (TPSA) is 65.4 Å². The van der Waals surface area contributed by atoms with E-state index in [1.54, 1.807) is 28.4 Å². The second-order valence-corrected chi connectivity index (χ2v) is 6.59. The Labute approximate surface area is 149 Å². The number of fused-ring (bicyclic) bond motifs is 1. The molecule has 0 fully saturated rings. The van der Waals surface area contributed by atoms with E-state index in [4.69, 9.17) is 9.47 Å². The molecule has 128 valence electrons. The van der Waals surface area contributed by atoms with Crippen LogP contribution in [0.2, 0.25) is 0 Å². The number of carbonyl (C=O) groups excluding carboxylic acids is 1. The zero-order valence-electron chi connectivity index (χ0n) is 13.4. The van der Waals surface area contributed by atoms with Gasteiger partial charge in [-0.3, -0.25) is 9.48 Å². The van der Waals surface area contributed by atoms with Gasteiger partial charge >= 0.3 is 0 Å². The van der Waals surface area contributed by atoms with Gasteiger partial charge in [-0.1, -0.05) is 12.1 Å². The van der Waals surface area contributed by atoms with Crippen molar-refractivity contribution >= 4 is 22.9 Å². The molecule has 1 aliphatic heterocycles. The van der Waals surface area contributed by atoms with Crippen LogP contribution in [-0.4, -0.2) is 28.4 Å². The lowest BCUT2D eigenvalue weighted by Crippen LogP contribution is -2.33. The number of aromatic nitrogens is 2. The number of hydrogen-bond donors (Lipinski definition) is 1. The number of para-hydroxylation sites is 2. The molecule has 1 aliphatic rings. The minimum Gasteiger partial charge on any atom is -0.486 e. The Balaban J connectivity index is 1.33. The molecule has 1 amide bonds. The van der Waals surface area contributed by atoms with E-state index in [1.165, 1.54) is 0 Å². The molecule has 6 nitrogen and oxygen atoms in total. The van der Waals surface area contributed by atoms with Crippen molar-refractivity contribution in [3.63, 3.8) is 0 Å². The molecule has 25 heavy (non-hydrogen) atoms. The first-order valence-electron chi connectivity index (χ1n) is 7.98. The first kappa shape index (κ1) is 15.7. The first-order chi connectivity index (χ1) is 12.3. The van der Waals surface area contributed by atoms with Crippen LogP contribution in [0.15, 0.2) is 53.5 Å². The number of anilines is 1. The van der Waals surface area contributed by atoms with Crippen LogP contribution in [-0.2, 0) is 17.8 Å². The molecule has 3 aromatic rings. The van der Waals surface area contributed by atoms with E-state index in [-0.39, 0.29) is 12.0 Å². The molecule has 0 bridgehead atoms. The van der Waals surface area contributed by atoms with E-state index in [0.717, 1.165) is 17.1 Å². The third kappa shape index (κ3) is 3.83. The number of amides is 1. The van der Waals surface area contributed by atoms with Crippen molar-refractivity contribution < 1.29 is 14.3 Å². The van der Waals surface area contributed by atoms with Gasteiger partial charge in [-0.05, 0) is 34.5 Å². The quantitative estimate of drug-likeness (QED) is 0.764. The maximum Gasteiger partial charge on any atom is 0.228 e. The summed E-state index contributed by atoms with van der Waals surface area (Å²) in [5, 5.41) is 11.1. The summed E-state index contributed by atoms with van der Waals surface area (Å²) in [5.74, 6) is 1.46. The van der Waals surface area contributed by atoms with Gasteiger partial charge in [0.1, 0.15) is 6.61 Å². The summed E-state index contributed by atoms with van der Waals surface area (Å²) in [5.41, 5.74) is 1.69. The average molecular weight is 355 g/mol. The highest BCUT2D eigenvalue weighted by Gasteiger charge is 2.21. The van der Waals surface area contributed by atoms with Crippen LogP contribution in [0.1, 0.15) is 5.56 Å². The average Bonchev–Trinajstić information content (AvgIpc) is 3.27. The number of thiophene rings is 1. The van der Waals surface area contributed by atoms with Crippen molar-refractivity contribution in [2.24, 2.45) is 0 Å². The Kier molecular flexibility index (Phi) is 4.39. The largest absolute Gasteiger partial charge is 0.486 e. The van der Waals surface area contributed by atoms with Gasteiger partial charge in [0.05, 0.1) is 24.8 Å². The highest BCUT2D eigenvalue weighted by atomic mass is 32.1. The molecular formula is C18H17N3O3S. The number of nitrogens with one attached hydrogen (secondary N) is 1. The van der Waals surface area contributed by atoms with Crippen molar-refractivity contribution in [1.82, 2.24) is 9.78 Å². The summed E-state index contributed by atoms with van der Waals surface area (Å²) in [6.07, 6.45) is 3.69. The normalized spacial score (nSPS) is 15.8. The van der Waals surface area contributed by atoms with Gasteiger partial charge in [0.2, 0.25) is 5.91 Å². The number of rotatable bonds is 5. The number of benzene rings is 1. The van der Waals surface area contributed by atoms with Crippen molar-refractivity contribution in [3.8, 4) is 11.5 Å². The Bertz CT molecular complexity index is 860. The summed E-state index contributed by atoms with van der Waals surface area (Å²) >= 11 is 1.58. The Morgan fingerprint density at radius 3 is 3.04 bits per heavy atom. The van der Waals surface area contributed by atoms with Crippen LogP contribution < -0.4 is 14.8 Å². The van der Waals surface area contributed by atoms with Crippen molar-refractivity contribution in [1.29, 1.82) is 0 Å². The summed E-state index contributed by atoms with van der Waals surface area (Å²) < 4.78 is 13.4. The SMILES string of the molecule is O=C(Cc1ccsc1)Nc1cnn(C[C@@H]2COc3ccccc3O2)c1. The number of ether oxygens (including phenoxy) is 2. The van der Waals surface area contributed by atoms with Gasteiger partial charge < -0.3 is 14.8 Å². The molecule has 1 N–H and O–H groups in total. The fraction of sp³-hybridized carbons (Fsp3) is 0.222. The molecule has 1 aromatic carbocycles. The van der Waals surface area contributed by atoms with Gasteiger partial charge in [-0.2, -0.15) is 16.4 Å². The molecule has 7 heteroatoms. The minimum atomic E-state index is -0.121. The lowest BCUT2D eigenvalue weighted by molar-refractivity contribution is -0.115. The number of hydrogen-bond acceptors (Lipinski definition) is 5. The maximum atomic E-state index is 12.0. The summed E-state index contributed by atoms with van der Waals surface area (Å²) in [7, 11) is 0. The minimum absolute atomic E-state index is 0.0517. The standard InChI is InChI=1S/C18H17N3O3S/c22-18(7-13-5-6-25-12-13)20-14-8-19-21(9-14)10-15-11-23-16-3-1-2-4-17(16)24-15/h1-6,8-9,12,15H,7,10-11H2,(H,20,22)/t15-/m1/s1. The van der Waals surface area contributed by atoms with Crippen LogP contribution in [0, 0.1) is 0 Å². The predicted octanol–water partition coefficient (Wildman–Crippen LogP) is 2.97. The van der Waals surface area contributed by atoms with Crippen LogP contribution >= 0.6 is 11.3 Å². The van der Waals surface area contributed by atoms with Gasteiger partial charge in [0.25, 0.3) is 0 Å². The third-order valence-electron chi connectivity index (χ3n) is 3.82. The highest BCUT2D eigenvalue weighted by molar-refractivity contribution is 7.08. The summed E-state index contributed by atoms with van der Waals surface area (Å²) in [6, 6.07) is 9.56. The molecule has 2 aromatic heterocycles. The molecule has 0 spiro atoms. The first-order valence-corrected chi connectivity index (χ1v) is 8.92. The van der Waals surface area contributed by atoms with Crippen molar-refractivity contribution in [2.75, 3.05) is 11.9 Å². The predicted molar refractivity (Wildman–Crippen MR) is 95.2 cm³/mol. The maximum absolute atomic E-state index is 12.0. The van der Waals surface area contributed by atoms with Gasteiger partial charge in [-0.15, -0.1) is 0 Å². The highest BCUT2D eigenvalue weighted by Crippen LogP contribution is 2.31. The molecule has 0 saturated heterocycles. The van der Waals surface area contributed by atoms with Crippen LogP contribution in [0.4, 0.5) is 5.69 Å². The monoisotopic (exact) mass is 355 g/mol. The van der Waals surface area contributed by atoms with E-state index in [1.807, 2.05) is 41.1 Å². The molecular weight excluding hydrogens is 338 g/mol. The molecule has 0 saturated carbocycles. The van der Waals surface area contributed by atoms with Gasteiger partial charge in [-0.25, -0.2) is 0 Å². The van der Waals surface area contributed by atoms with Gasteiger partial charge in [0.15, 0.2) is 17.6 Å². The second kappa shape index (κ2) is 6.98. The molecule has 1 atom stereocenters. The molecule has 0 unspecified atom stereocenters. The molecule has 4 rings (SSSR count). The molecule has 0 radical (unpaired) electrons. The van der Waals surface area contributed by atoms with E-state index in [2.05, 4.69) is 10.4 Å². The van der Waals surface area contributed by atoms with Crippen LogP contribution in [0.5, 0.6) is 11.5 Å². The lowest BCUT2D eigenvalue weighted by atomic mass is 10.2. The zero-order chi connectivity index (χ0) is 17.1. The lowest BCUT2D eigenvalue weighted by Gasteiger charge is -2.26. The molecule has 3 heterocycles. The summed E-state index contributed by atoms with van der Waals surface area (Å²) in [6.45, 7) is 1.02. The zero-order valence-corrected chi connectivity index (χ0v) is 14.2. The van der Waals surface area contributed by atoms with E-state index in [0.29, 0.717) is 25.3 Å².